The highest BCUT2D eigenvalue weighted by atomic mass is 16.5. The summed E-state index contributed by atoms with van der Waals surface area (Å²) in [5, 5.41) is 15.9. The number of rotatable bonds is 12. The molecule has 0 aliphatic heterocycles. The number of methoxy groups -OCH3 is 1. The van der Waals surface area contributed by atoms with E-state index >= 15 is 0 Å². The minimum absolute atomic E-state index is 0.268. The zero-order valence-corrected chi connectivity index (χ0v) is 22.2. The van der Waals surface area contributed by atoms with Crippen molar-refractivity contribution in [2.75, 3.05) is 13.7 Å². The number of aromatic nitrogens is 2. The van der Waals surface area contributed by atoms with E-state index in [4.69, 9.17) is 14.6 Å². The summed E-state index contributed by atoms with van der Waals surface area (Å²) in [5.74, 6) is 1.94. The van der Waals surface area contributed by atoms with Crippen LogP contribution in [-0.4, -0.2) is 45.6 Å². The molecule has 0 saturated heterocycles. The van der Waals surface area contributed by atoms with Gasteiger partial charge in [-0.1, -0.05) is 67.6 Å². The third-order valence-electron chi connectivity index (χ3n) is 6.75. The first-order valence-electron chi connectivity index (χ1n) is 12.9. The summed E-state index contributed by atoms with van der Waals surface area (Å²) in [5.41, 5.74) is 3.93. The van der Waals surface area contributed by atoms with Gasteiger partial charge in [-0.3, -0.25) is 4.90 Å². The van der Waals surface area contributed by atoms with Gasteiger partial charge in [-0.25, -0.2) is 4.68 Å². The maximum atomic E-state index is 11.0. The minimum Gasteiger partial charge on any atom is -0.493 e. The van der Waals surface area contributed by atoms with Gasteiger partial charge in [0.25, 0.3) is 0 Å². The second-order valence-electron chi connectivity index (χ2n) is 9.40. The molecule has 1 heterocycles. The van der Waals surface area contributed by atoms with Crippen molar-refractivity contribution in [2.24, 2.45) is 0 Å². The van der Waals surface area contributed by atoms with Crippen LogP contribution in [0.4, 0.5) is 0 Å². The van der Waals surface area contributed by atoms with Gasteiger partial charge in [0.2, 0.25) is 5.88 Å². The molecule has 0 radical (unpaired) electrons. The van der Waals surface area contributed by atoms with Crippen LogP contribution in [0.25, 0.3) is 5.69 Å². The summed E-state index contributed by atoms with van der Waals surface area (Å²) in [4.78, 5) is 2.32. The van der Waals surface area contributed by atoms with Gasteiger partial charge in [-0.05, 0) is 56.5 Å². The fourth-order valence-corrected chi connectivity index (χ4v) is 4.46. The molecule has 0 amide bonds. The van der Waals surface area contributed by atoms with Crippen molar-refractivity contribution in [1.29, 1.82) is 0 Å². The molecule has 0 bridgehead atoms. The van der Waals surface area contributed by atoms with Crippen LogP contribution in [0.2, 0.25) is 0 Å². The largest absolute Gasteiger partial charge is 0.493 e. The summed E-state index contributed by atoms with van der Waals surface area (Å²) >= 11 is 0. The maximum Gasteiger partial charge on any atom is 0.227 e. The van der Waals surface area contributed by atoms with Crippen molar-refractivity contribution in [3.05, 3.63) is 102 Å². The number of aliphatic hydroxyl groups excluding tert-OH is 1. The monoisotopic (exact) mass is 499 g/mol. The average Bonchev–Trinajstić information content (AvgIpc) is 3.23. The lowest BCUT2D eigenvalue weighted by Gasteiger charge is -2.30. The molecule has 3 aromatic carbocycles. The fourth-order valence-electron chi connectivity index (χ4n) is 4.46. The Morgan fingerprint density at radius 3 is 2.19 bits per heavy atom. The van der Waals surface area contributed by atoms with Gasteiger partial charge in [0.1, 0.15) is 0 Å². The second-order valence-corrected chi connectivity index (χ2v) is 9.40. The number of para-hydroxylation sites is 3. The highest BCUT2D eigenvalue weighted by molar-refractivity contribution is 5.47. The topological polar surface area (TPSA) is 59.8 Å². The van der Waals surface area contributed by atoms with Gasteiger partial charge in [-0.15, -0.1) is 0 Å². The van der Waals surface area contributed by atoms with Gasteiger partial charge in [0.05, 0.1) is 30.2 Å². The third kappa shape index (κ3) is 6.59. The lowest BCUT2D eigenvalue weighted by atomic mass is 10.1. The molecule has 0 unspecified atom stereocenters. The molecule has 37 heavy (non-hydrogen) atoms. The maximum absolute atomic E-state index is 11.0. The molecule has 194 valence electrons. The number of hydrogen-bond acceptors (Lipinski definition) is 5. The third-order valence-corrected chi connectivity index (χ3v) is 6.75. The predicted octanol–water partition coefficient (Wildman–Crippen LogP) is 6.19. The smallest absolute Gasteiger partial charge is 0.227 e. The van der Waals surface area contributed by atoms with E-state index in [9.17, 15) is 5.11 Å². The summed E-state index contributed by atoms with van der Waals surface area (Å²) in [6.07, 6.45) is 1.09. The molecular weight excluding hydrogens is 462 g/mol. The van der Waals surface area contributed by atoms with Crippen molar-refractivity contribution in [2.45, 2.75) is 52.3 Å². The molecule has 2 atom stereocenters. The van der Waals surface area contributed by atoms with E-state index in [-0.39, 0.29) is 6.04 Å². The SMILES string of the molecule is CC[C@@H](C)N(Cc1c(C)nn(-c2ccccc2)c1Oc1ccccc1OC)C[C@H](O)Cc1ccccc1. The Kier molecular flexibility index (Phi) is 8.99. The van der Waals surface area contributed by atoms with Crippen molar-refractivity contribution in [1.82, 2.24) is 14.7 Å². The van der Waals surface area contributed by atoms with Crippen LogP contribution in [-0.2, 0) is 13.0 Å². The van der Waals surface area contributed by atoms with E-state index in [0.717, 1.165) is 28.9 Å². The summed E-state index contributed by atoms with van der Waals surface area (Å²) in [6, 6.07) is 28.0. The first-order chi connectivity index (χ1) is 18.0. The fraction of sp³-hybridized carbons (Fsp3) is 0.323. The molecule has 4 rings (SSSR count). The first-order valence-corrected chi connectivity index (χ1v) is 12.9. The van der Waals surface area contributed by atoms with Crippen LogP contribution in [0, 0.1) is 6.92 Å². The van der Waals surface area contributed by atoms with Crippen molar-refractivity contribution >= 4 is 0 Å². The molecule has 0 aliphatic carbocycles. The number of ether oxygens (including phenoxy) is 2. The van der Waals surface area contributed by atoms with Crippen LogP contribution in [0.3, 0.4) is 0 Å². The Balaban J connectivity index is 1.68. The van der Waals surface area contributed by atoms with E-state index in [1.807, 2.05) is 84.4 Å². The van der Waals surface area contributed by atoms with Gasteiger partial charge in [-0.2, -0.15) is 5.10 Å². The molecule has 4 aromatic rings. The Hall–Kier alpha value is -3.61. The first kappa shape index (κ1) is 26.5. The molecule has 0 aliphatic rings. The predicted molar refractivity (Wildman–Crippen MR) is 148 cm³/mol. The van der Waals surface area contributed by atoms with Crippen molar-refractivity contribution in [3.63, 3.8) is 0 Å². The number of aryl methyl sites for hydroxylation is 1. The number of nitrogens with zero attached hydrogens (tertiary/aromatic N) is 3. The number of aliphatic hydroxyl groups is 1. The average molecular weight is 500 g/mol. The van der Waals surface area contributed by atoms with Gasteiger partial charge in [0.15, 0.2) is 11.5 Å². The molecule has 1 N–H and O–H groups in total. The van der Waals surface area contributed by atoms with E-state index in [1.165, 1.54) is 0 Å². The molecule has 0 saturated carbocycles. The normalized spacial score (nSPS) is 12.9. The van der Waals surface area contributed by atoms with Crippen LogP contribution >= 0.6 is 0 Å². The van der Waals surface area contributed by atoms with E-state index in [1.54, 1.807) is 7.11 Å². The molecule has 6 nitrogen and oxygen atoms in total. The Morgan fingerprint density at radius 2 is 1.54 bits per heavy atom. The van der Waals surface area contributed by atoms with Gasteiger partial charge >= 0.3 is 0 Å². The van der Waals surface area contributed by atoms with E-state index < -0.39 is 6.10 Å². The Morgan fingerprint density at radius 1 is 0.919 bits per heavy atom. The highest BCUT2D eigenvalue weighted by Crippen LogP contribution is 2.36. The van der Waals surface area contributed by atoms with Crippen LogP contribution in [0.1, 0.15) is 37.1 Å². The zero-order valence-electron chi connectivity index (χ0n) is 22.2. The lowest BCUT2D eigenvalue weighted by molar-refractivity contribution is 0.0843. The quantitative estimate of drug-likeness (QED) is 0.252. The Labute approximate surface area is 220 Å². The number of hydrogen-bond donors (Lipinski definition) is 1. The second kappa shape index (κ2) is 12.6. The molecule has 0 fully saturated rings. The zero-order chi connectivity index (χ0) is 26.2. The minimum atomic E-state index is -0.487. The standard InChI is InChI=1S/C31H37N3O3/c1-5-23(2)33(21-27(35)20-25-14-8-6-9-15-25)22-28-24(3)32-34(26-16-10-7-11-17-26)31(28)37-30-19-13-12-18-29(30)36-4/h6-19,23,27,35H,5,20-22H2,1-4H3/t23-,27-/m1/s1. The highest BCUT2D eigenvalue weighted by Gasteiger charge is 2.25. The van der Waals surface area contributed by atoms with Gasteiger partial charge < -0.3 is 14.6 Å². The molecule has 1 aromatic heterocycles. The van der Waals surface area contributed by atoms with Crippen molar-refractivity contribution < 1.29 is 14.6 Å². The Bertz CT molecular complexity index is 1260. The molecular formula is C31H37N3O3. The van der Waals surface area contributed by atoms with E-state index in [2.05, 4.69) is 30.9 Å². The molecule has 6 heteroatoms. The van der Waals surface area contributed by atoms with E-state index in [0.29, 0.717) is 36.9 Å². The molecule has 0 spiro atoms. The number of benzene rings is 3. The van der Waals surface area contributed by atoms with Crippen LogP contribution in [0.5, 0.6) is 17.4 Å². The van der Waals surface area contributed by atoms with Crippen molar-refractivity contribution in [3.8, 4) is 23.1 Å². The summed E-state index contributed by atoms with van der Waals surface area (Å²) < 4.78 is 14.0. The summed E-state index contributed by atoms with van der Waals surface area (Å²) in [6.45, 7) is 7.54. The van der Waals surface area contributed by atoms with Gasteiger partial charge in [0, 0.05) is 19.1 Å². The summed E-state index contributed by atoms with van der Waals surface area (Å²) in [7, 11) is 1.64. The van der Waals surface area contributed by atoms with Crippen LogP contribution < -0.4 is 9.47 Å². The lowest BCUT2D eigenvalue weighted by Crippen LogP contribution is -2.39. The van der Waals surface area contributed by atoms with Crippen LogP contribution in [0.15, 0.2) is 84.9 Å².